The summed E-state index contributed by atoms with van der Waals surface area (Å²) in [5.74, 6) is -0.884. The number of carboxylic acids is 1. The second kappa shape index (κ2) is 6.55. The van der Waals surface area contributed by atoms with Crippen molar-refractivity contribution in [2.24, 2.45) is 0 Å². The van der Waals surface area contributed by atoms with E-state index in [1.165, 1.54) is 0 Å². The van der Waals surface area contributed by atoms with Gasteiger partial charge in [-0.1, -0.05) is 72.8 Å². The highest BCUT2D eigenvalue weighted by atomic mass is 16.4. The Hall–Kier alpha value is -2.35. The molecule has 0 saturated carbocycles. The number of benzene rings is 2. The van der Waals surface area contributed by atoms with Gasteiger partial charge in [-0.15, -0.1) is 0 Å². The van der Waals surface area contributed by atoms with Crippen molar-refractivity contribution in [3.05, 3.63) is 77.9 Å². The van der Waals surface area contributed by atoms with Crippen molar-refractivity contribution >= 4 is 12.0 Å². The van der Waals surface area contributed by atoms with Gasteiger partial charge in [-0.25, -0.2) is 0 Å². The Kier molecular flexibility index (Phi) is 4.51. The van der Waals surface area contributed by atoms with Gasteiger partial charge in [0.1, 0.15) is 0 Å². The van der Waals surface area contributed by atoms with E-state index in [0.29, 0.717) is 0 Å². The Morgan fingerprint density at radius 2 is 1.58 bits per heavy atom. The minimum Gasteiger partial charge on any atom is -0.481 e. The molecule has 0 bridgehead atoms. The fourth-order valence-electron chi connectivity index (χ4n) is 1.98. The molecular formula is C17H16O2. The van der Waals surface area contributed by atoms with E-state index in [-0.39, 0.29) is 12.3 Å². The number of rotatable bonds is 5. The van der Waals surface area contributed by atoms with Gasteiger partial charge >= 0.3 is 5.97 Å². The van der Waals surface area contributed by atoms with Crippen LogP contribution in [0, 0.1) is 0 Å². The maximum Gasteiger partial charge on any atom is 0.304 e. The Bertz CT molecular complexity index is 544. The van der Waals surface area contributed by atoms with Gasteiger partial charge < -0.3 is 5.11 Å². The Morgan fingerprint density at radius 1 is 1.00 bits per heavy atom. The Labute approximate surface area is 113 Å². The molecule has 0 amide bonds. The van der Waals surface area contributed by atoms with Crippen molar-refractivity contribution in [1.29, 1.82) is 0 Å². The van der Waals surface area contributed by atoms with Gasteiger partial charge in [0.25, 0.3) is 0 Å². The summed E-state index contributed by atoms with van der Waals surface area (Å²) in [5, 5.41) is 9.01. The molecule has 2 aromatic rings. The molecule has 0 saturated heterocycles. The molecule has 1 atom stereocenters. The quantitative estimate of drug-likeness (QED) is 0.874. The first-order chi connectivity index (χ1) is 9.25. The molecule has 96 valence electrons. The summed E-state index contributed by atoms with van der Waals surface area (Å²) in [7, 11) is 0. The lowest BCUT2D eigenvalue weighted by atomic mass is 9.94. The lowest BCUT2D eigenvalue weighted by molar-refractivity contribution is -0.137. The van der Waals surface area contributed by atoms with Crippen LogP contribution >= 0.6 is 0 Å². The summed E-state index contributed by atoms with van der Waals surface area (Å²) in [6.45, 7) is 0. The zero-order valence-electron chi connectivity index (χ0n) is 10.6. The molecule has 2 heteroatoms. The van der Waals surface area contributed by atoms with Crippen molar-refractivity contribution in [3.63, 3.8) is 0 Å². The zero-order chi connectivity index (χ0) is 13.5. The van der Waals surface area contributed by atoms with Gasteiger partial charge in [-0.2, -0.15) is 0 Å². The molecule has 0 aliphatic carbocycles. The number of hydrogen-bond acceptors (Lipinski definition) is 1. The van der Waals surface area contributed by atoms with Crippen LogP contribution in [0.5, 0.6) is 0 Å². The normalized spacial score (nSPS) is 12.4. The van der Waals surface area contributed by atoms with E-state index in [4.69, 9.17) is 5.11 Å². The molecular weight excluding hydrogens is 236 g/mol. The van der Waals surface area contributed by atoms with Crippen LogP contribution in [0.3, 0.4) is 0 Å². The van der Waals surface area contributed by atoms with Crippen molar-refractivity contribution in [2.45, 2.75) is 12.3 Å². The lowest BCUT2D eigenvalue weighted by Gasteiger charge is -2.10. The average molecular weight is 252 g/mol. The van der Waals surface area contributed by atoms with Crippen molar-refractivity contribution in [1.82, 2.24) is 0 Å². The summed E-state index contributed by atoms with van der Waals surface area (Å²) in [6, 6.07) is 19.6. The van der Waals surface area contributed by atoms with Crippen molar-refractivity contribution in [2.75, 3.05) is 0 Å². The highest BCUT2D eigenvalue weighted by Gasteiger charge is 2.11. The van der Waals surface area contributed by atoms with Crippen LogP contribution in [0.4, 0.5) is 0 Å². The minimum atomic E-state index is -0.786. The SMILES string of the molecule is O=C(O)C[C@@H](/C=C/c1ccccc1)c1ccccc1. The van der Waals surface area contributed by atoms with Crippen LogP contribution in [-0.2, 0) is 4.79 Å². The number of carbonyl (C=O) groups is 1. The fourth-order valence-corrected chi connectivity index (χ4v) is 1.98. The first-order valence-electron chi connectivity index (χ1n) is 6.25. The van der Waals surface area contributed by atoms with Crippen LogP contribution in [0.25, 0.3) is 6.08 Å². The van der Waals surface area contributed by atoms with E-state index in [0.717, 1.165) is 11.1 Å². The van der Waals surface area contributed by atoms with Crippen LogP contribution in [0.2, 0.25) is 0 Å². The second-order valence-electron chi connectivity index (χ2n) is 4.38. The standard InChI is InChI=1S/C17H16O2/c18-17(19)13-16(15-9-5-2-6-10-15)12-11-14-7-3-1-4-8-14/h1-12,16H,13H2,(H,18,19)/b12-11+/t16-/m1/s1. The van der Waals surface area contributed by atoms with Crippen LogP contribution in [0.1, 0.15) is 23.5 Å². The molecule has 2 aromatic carbocycles. The third-order valence-electron chi connectivity index (χ3n) is 2.94. The molecule has 0 aromatic heterocycles. The maximum absolute atomic E-state index is 11.0. The minimum absolute atomic E-state index is 0.0982. The Balaban J connectivity index is 2.19. The predicted octanol–water partition coefficient (Wildman–Crippen LogP) is 3.96. The van der Waals surface area contributed by atoms with Crippen LogP contribution in [-0.4, -0.2) is 11.1 Å². The van der Waals surface area contributed by atoms with Crippen molar-refractivity contribution in [3.8, 4) is 0 Å². The molecule has 0 radical (unpaired) electrons. The van der Waals surface area contributed by atoms with E-state index in [1.54, 1.807) is 0 Å². The molecule has 0 unspecified atom stereocenters. The lowest BCUT2D eigenvalue weighted by Crippen LogP contribution is -2.03. The van der Waals surface area contributed by atoms with E-state index in [9.17, 15) is 4.79 Å². The molecule has 1 N–H and O–H groups in total. The van der Waals surface area contributed by atoms with Crippen LogP contribution < -0.4 is 0 Å². The van der Waals surface area contributed by atoms with Gasteiger partial charge in [0.05, 0.1) is 6.42 Å². The van der Waals surface area contributed by atoms with Gasteiger partial charge in [-0.05, 0) is 11.1 Å². The van der Waals surface area contributed by atoms with E-state index in [2.05, 4.69) is 0 Å². The monoisotopic (exact) mass is 252 g/mol. The van der Waals surface area contributed by atoms with Gasteiger partial charge in [-0.3, -0.25) is 4.79 Å². The maximum atomic E-state index is 11.0. The summed E-state index contributed by atoms with van der Waals surface area (Å²) in [4.78, 5) is 11.0. The first-order valence-corrected chi connectivity index (χ1v) is 6.25. The molecule has 19 heavy (non-hydrogen) atoms. The van der Waals surface area contributed by atoms with Gasteiger partial charge in [0.15, 0.2) is 0 Å². The molecule has 2 rings (SSSR count). The van der Waals surface area contributed by atoms with E-state index >= 15 is 0 Å². The number of hydrogen-bond donors (Lipinski definition) is 1. The Morgan fingerprint density at radius 3 is 2.16 bits per heavy atom. The third kappa shape index (κ3) is 4.11. The highest BCUT2D eigenvalue weighted by molar-refractivity contribution is 5.69. The smallest absolute Gasteiger partial charge is 0.304 e. The van der Waals surface area contributed by atoms with Crippen LogP contribution in [0.15, 0.2) is 66.7 Å². The van der Waals surface area contributed by atoms with E-state index < -0.39 is 5.97 Å². The predicted molar refractivity (Wildman–Crippen MR) is 76.9 cm³/mol. The largest absolute Gasteiger partial charge is 0.481 e. The molecule has 0 aliphatic heterocycles. The summed E-state index contributed by atoms with van der Waals surface area (Å²) in [5.41, 5.74) is 2.10. The number of allylic oxidation sites excluding steroid dienone is 1. The fraction of sp³-hybridized carbons (Fsp3) is 0.118. The second-order valence-corrected chi connectivity index (χ2v) is 4.38. The summed E-state index contributed by atoms with van der Waals surface area (Å²) in [6.07, 6.45) is 4.03. The number of aliphatic carboxylic acids is 1. The van der Waals surface area contributed by atoms with E-state index in [1.807, 2.05) is 72.8 Å². The summed E-state index contributed by atoms with van der Waals surface area (Å²) < 4.78 is 0. The zero-order valence-corrected chi connectivity index (χ0v) is 10.6. The number of carboxylic acid groups (broad SMARTS) is 1. The molecule has 0 heterocycles. The summed E-state index contributed by atoms with van der Waals surface area (Å²) >= 11 is 0. The molecule has 0 fully saturated rings. The average Bonchev–Trinajstić information content (AvgIpc) is 2.45. The van der Waals surface area contributed by atoms with Gasteiger partial charge in [0, 0.05) is 5.92 Å². The topological polar surface area (TPSA) is 37.3 Å². The first kappa shape index (κ1) is 13.1. The van der Waals surface area contributed by atoms with Gasteiger partial charge in [0.2, 0.25) is 0 Å². The highest BCUT2D eigenvalue weighted by Crippen LogP contribution is 2.22. The molecule has 0 spiro atoms. The third-order valence-corrected chi connectivity index (χ3v) is 2.94. The van der Waals surface area contributed by atoms with Crippen molar-refractivity contribution < 1.29 is 9.90 Å². The molecule has 2 nitrogen and oxygen atoms in total. The molecule has 0 aliphatic rings.